The molecule has 5 heteroatoms. The lowest BCUT2D eigenvalue weighted by Crippen LogP contribution is -2.10. The van der Waals surface area contributed by atoms with E-state index in [4.69, 9.17) is 20.4 Å². The van der Waals surface area contributed by atoms with Crippen LogP contribution in [0.3, 0.4) is 0 Å². The summed E-state index contributed by atoms with van der Waals surface area (Å²) in [4.78, 5) is 14.8. The highest BCUT2D eigenvalue weighted by atomic mass is 15.1. The molecule has 7 aromatic rings. The van der Waals surface area contributed by atoms with Crippen molar-refractivity contribution in [1.82, 2.24) is 19.5 Å². The van der Waals surface area contributed by atoms with E-state index >= 15 is 0 Å². The Labute approximate surface area is 297 Å². The molecule has 1 unspecified atom stereocenters. The van der Waals surface area contributed by atoms with Crippen LogP contribution in [0.15, 0.2) is 188 Å². The van der Waals surface area contributed by atoms with Crippen LogP contribution in [0.25, 0.3) is 56.2 Å². The van der Waals surface area contributed by atoms with Crippen molar-refractivity contribution in [2.75, 3.05) is 0 Å². The molecule has 0 fully saturated rings. The van der Waals surface area contributed by atoms with Crippen LogP contribution >= 0.6 is 0 Å². The highest BCUT2D eigenvalue weighted by Crippen LogP contribution is 2.32. The summed E-state index contributed by atoms with van der Waals surface area (Å²) in [5, 5.41) is 9.14. The monoisotopic (exact) mass is 657 g/mol. The summed E-state index contributed by atoms with van der Waals surface area (Å²) in [6.45, 7) is 4.12. The predicted octanol–water partition coefficient (Wildman–Crippen LogP) is 11.0. The fourth-order valence-corrected chi connectivity index (χ4v) is 6.58. The van der Waals surface area contributed by atoms with Gasteiger partial charge < -0.3 is 0 Å². The van der Waals surface area contributed by atoms with Crippen molar-refractivity contribution < 1.29 is 0 Å². The Morgan fingerprint density at radius 3 is 1.90 bits per heavy atom. The zero-order valence-corrected chi connectivity index (χ0v) is 28.0. The molecule has 8 rings (SSSR count). The maximum Gasteiger partial charge on any atom is 0.163 e. The molecule has 1 atom stereocenters. The van der Waals surface area contributed by atoms with Crippen LogP contribution in [-0.2, 0) is 0 Å². The number of aromatic nitrogens is 4. The average molecular weight is 658 g/mol. The van der Waals surface area contributed by atoms with Gasteiger partial charge in [0, 0.05) is 28.3 Å². The molecule has 0 radical (unpaired) electrons. The van der Waals surface area contributed by atoms with Gasteiger partial charge in [0.2, 0.25) is 0 Å². The van der Waals surface area contributed by atoms with Crippen molar-refractivity contribution in [2.45, 2.75) is 6.42 Å². The summed E-state index contributed by atoms with van der Waals surface area (Å²) < 4.78 is 2.06. The molecule has 51 heavy (non-hydrogen) atoms. The van der Waals surface area contributed by atoms with Gasteiger partial charge in [-0.05, 0) is 59.5 Å². The van der Waals surface area contributed by atoms with Gasteiger partial charge in [0.05, 0.1) is 28.1 Å². The van der Waals surface area contributed by atoms with E-state index in [1.54, 1.807) is 0 Å². The second-order valence-electron chi connectivity index (χ2n) is 12.5. The molecule has 0 bridgehead atoms. The Kier molecular flexibility index (Phi) is 8.67. The third kappa shape index (κ3) is 6.53. The van der Waals surface area contributed by atoms with E-state index in [0.29, 0.717) is 17.4 Å². The van der Waals surface area contributed by atoms with Crippen LogP contribution in [0, 0.1) is 11.3 Å². The fourth-order valence-electron chi connectivity index (χ4n) is 6.58. The second kappa shape index (κ2) is 14.0. The van der Waals surface area contributed by atoms with Gasteiger partial charge in [-0.3, -0.25) is 9.98 Å². The third-order valence-corrected chi connectivity index (χ3v) is 9.23. The molecule has 1 aliphatic rings. The molecular formula is C46H35N5. The first-order valence-corrected chi connectivity index (χ1v) is 17.1. The standard InChI is InChI=1S/C46H35N5/c1-2-32(30-40(47)46-50-41-20-12-13-21-44(41)51(46)39-18-10-5-11-19-39)33-22-24-34(25-23-33)35-26-28-37(29-27-35)43-31-42(36-14-6-3-7-15-36)48-45(49-43)38-16-8-4-9-17-38/h2-22,24-31,33,47H,1,23H2/b32-30+,47-40?. The number of imidazole rings is 1. The zero-order valence-electron chi connectivity index (χ0n) is 28.0. The van der Waals surface area contributed by atoms with Gasteiger partial charge in [0.15, 0.2) is 11.6 Å². The molecule has 5 nitrogen and oxygen atoms in total. The Morgan fingerprint density at radius 2 is 1.25 bits per heavy atom. The van der Waals surface area contributed by atoms with E-state index in [2.05, 4.69) is 71.8 Å². The molecule has 244 valence electrons. The van der Waals surface area contributed by atoms with E-state index in [0.717, 1.165) is 62.4 Å². The van der Waals surface area contributed by atoms with Gasteiger partial charge >= 0.3 is 0 Å². The van der Waals surface area contributed by atoms with E-state index in [9.17, 15) is 0 Å². The average Bonchev–Trinajstić information content (AvgIpc) is 3.61. The maximum absolute atomic E-state index is 9.14. The first kappa shape index (κ1) is 31.5. The summed E-state index contributed by atoms with van der Waals surface area (Å²) in [6.07, 6.45) is 11.2. The first-order chi connectivity index (χ1) is 25.1. The van der Waals surface area contributed by atoms with E-state index in [1.165, 1.54) is 5.57 Å². The van der Waals surface area contributed by atoms with Crippen LogP contribution < -0.4 is 0 Å². The van der Waals surface area contributed by atoms with Gasteiger partial charge in [0.25, 0.3) is 0 Å². The minimum absolute atomic E-state index is 0.106. The van der Waals surface area contributed by atoms with Crippen molar-refractivity contribution in [3.05, 3.63) is 200 Å². The van der Waals surface area contributed by atoms with Crippen LogP contribution in [0.2, 0.25) is 0 Å². The summed E-state index contributed by atoms with van der Waals surface area (Å²) in [6, 6.07) is 49.1. The number of para-hydroxylation sites is 3. The Balaban J connectivity index is 1.03. The van der Waals surface area contributed by atoms with Crippen molar-refractivity contribution in [1.29, 1.82) is 5.41 Å². The normalized spacial score (nSPS) is 14.3. The lowest BCUT2D eigenvalue weighted by molar-refractivity contribution is 0.790. The van der Waals surface area contributed by atoms with E-state index in [-0.39, 0.29) is 5.92 Å². The minimum atomic E-state index is 0.106. The van der Waals surface area contributed by atoms with E-state index < -0.39 is 0 Å². The number of benzene rings is 5. The van der Waals surface area contributed by atoms with Gasteiger partial charge in [-0.1, -0.05) is 146 Å². The minimum Gasteiger partial charge on any atom is -0.297 e. The number of fused-ring (bicyclic) bond motifs is 1. The summed E-state index contributed by atoms with van der Waals surface area (Å²) in [5.74, 6) is 1.42. The highest BCUT2D eigenvalue weighted by molar-refractivity contribution is 6.07. The number of allylic oxidation sites excluding steroid dienone is 7. The van der Waals surface area contributed by atoms with Crippen LogP contribution in [0.4, 0.5) is 0 Å². The molecule has 2 heterocycles. The largest absolute Gasteiger partial charge is 0.297 e. The Hall–Kier alpha value is -6.72. The van der Waals surface area contributed by atoms with Gasteiger partial charge in [-0.25, -0.2) is 15.0 Å². The van der Waals surface area contributed by atoms with Crippen LogP contribution in [-0.4, -0.2) is 25.2 Å². The summed E-state index contributed by atoms with van der Waals surface area (Å²) >= 11 is 0. The summed E-state index contributed by atoms with van der Waals surface area (Å²) in [7, 11) is 0. The molecule has 0 amide bonds. The summed E-state index contributed by atoms with van der Waals surface area (Å²) in [5.41, 5.74) is 11.3. The van der Waals surface area contributed by atoms with Crippen molar-refractivity contribution in [3.8, 4) is 39.6 Å². The van der Waals surface area contributed by atoms with Crippen molar-refractivity contribution in [2.24, 2.45) is 5.92 Å². The Bertz CT molecular complexity index is 2400. The van der Waals surface area contributed by atoms with Crippen molar-refractivity contribution >= 4 is 22.3 Å². The Morgan fingerprint density at radius 1 is 0.667 bits per heavy atom. The number of hydrogen-bond acceptors (Lipinski definition) is 4. The number of nitrogens with zero attached hydrogens (tertiary/aromatic N) is 4. The molecule has 2 aromatic heterocycles. The molecule has 5 aromatic carbocycles. The number of rotatable bonds is 9. The molecule has 0 saturated carbocycles. The smallest absolute Gasteiger partial charge is 0.163 e. The molecule has 0 saturated heterocycles. The SMILES string of the molecule is C=C/C(=C\C(=N)c1nc2ccccc2n1-c1ccccc1)C1C=CC(c2ccc(-c3cc(-c4ccccc4)nc(-c4ccccc4)n3)cc2)=CC1. The predicted molar refractivity (Wildman–Crippen MR) is 210 cm³/mol. The van der Waals surface area contributed by atoms with Gasteiger partial charge in [-0.15, -0.1) is 0 Å². The maximum atomic E-state index is 9.14. The third-order valence-electron chi connectivity index (χ3n) is 9.23. The van der Waals surface area contributed by atoms with E-state index in [1.807, 2.05) is 115 Å². The molecule has 1 N–H and O–H groups in total. The molecule has 0 spiro atoms. The number of hydrogen-bond donors (Lipinski definition) is 1. The van der Waals surface area contributed by atoms with Gasteiger partial charge in [-0.2, -0.15) is 0 Å². The lowest BCUT2D eigenvalue weighted by Gasteiger charge is -2.18. The fraction of sp³-hybridized carbons (Fsp3) is 0.0435. The first-order valence-electron chi connectivity index (χ1n) is 17.1. The van der Waals surface area contributed by atoms with Crippen LogP contribution in [0.1, 0.15) is 17.8 Å². The topological polar surface area (TPSA) is 67.5 Å². The molecule has 1 aliphatic carbocycles. The quantitative estimate of drug-likeness (QED) is 0.124. The zero-order chi connectivity index (χ0) is 34.6. The second-order valence-corrected chi connectivity index (χ2v) is 12.5. The highest BCUT2D eigenvalue weighted by Gasteiger charge is 2.18. The van der Waals surface area contributed by atoms with Crippen molar-refractivity contribution in [3.63, 3.8) is 0 Å². The van der Waals surface area contributed by atoms with Crippen LogP contribution in [0.5, 0.6) is 0 Å². The van der Waals surface area contributed by atoms with Gasteiger partial charge in [0.1, 0.15) is 0 Å². The molecular weight excluding hydrogens is 623 g/mol. The number of nitrogens with one attached hydrogen (secondary N) is 1. The molecule has 0 aliphatic heterocycles. The lowest BCUT2D eigenvalue weighted by atomic mass is 9.87.